The molecule has 2 rings (SSSR count). The van der Waals surface area contributed by atoms with E-state index in [-0.39, 0.29) is 31.4 Å². The van der Waals surface area contributed by atoms with E-state index in [2.05, 4.69) is 0 Å². The molecule has 2 aromatic rings. The molecule has 2 nitrogen and oxygen atoms in total. The lowest BCUT2D eigenvalue weighted by Gasteiger charge is -2.12. The minimum atomic E-state index is -0.371. The second kappa shape index (κ2) is 6.45. The summed E-state index contributed by atoms with van der Waals surface area (Å²) in [5.74, 6) is 0.0629. The Balaban J connectivity index is 2.66. The summed E-state index contributed by atoms with van der Waals surface area (Å²) >= 11 is 24.1. The van der Waals surface area contributed by atoms with Crippen molar-refractivity contribution in [3.63, 3.8) is 0 Å². The number of rotatable bonds is 3. The van der Waals surface area contributed by atoms with Gasteiger partial charge in [0.05, 0.1) is 38.3 Å². The monoisotopic (exact) mass is 362 g/mol. The second-order valence-electron chi connectivity index (χ2n) is 4.38. The molecule has 6 heteroatoms. The van der Waals surface area contributed by atoms with E-state index in [1.54, 1.807) is 12.1 Å². The highest BCUT2D eigenvalue weighted by Crippen LogP contribution is 2.39. The van der Waals surface area contributed by atoms with Gasteiger partial charge in [-0.05, 0) is 25.1 Å². The highest BCUT2D eigenvalue weighted by atomic mass is 35.5. The van der Waals surface area contributed by atoms with E-state index in [1.807, 2.05) is 13.0 Å². The molecule has 0 spiro atoms. The average molecular weight is 364 g/mol. The zero-order valence-corrected chi connectivity index (χ0v) is 14.2. The van der Waals surface area contributed by atoms with Crippen LogP contribution in [0.1, 0.15) is 21.5 Å². The molecule has 0 heterocycles. The quantitative estimate of drug-likeness (QED) is 0.388. The van der Waals surface area contributed by atoms with Crippen LogP contribution in [-0.4, -0.2) is 12.9 Å². The molecule has 0 aliphatic rings. The minimum Gasteiger partial charge on any atom is -0.496 e. The van der Waals surface area contributed by atoms with Gasteiger partial charge < -0.3 is 4.74 Å². The van der Waals surface area contributed by atoms with Crippen LogP contribution in [0.4, 0.5) is 0 Å². The number of halogens is 4. The highest BCUT2D eigenvalue weighted by molar-refractivity contribution is 6.51. The fourth-order valence-electron chi connectivity index (χ4n) is 1.91. The first-order chi connectivity index (χ1) is 9.86. The van der Waals surface area contributed by atoms with Crippen molar-refractivity contribution in [2.45, 2.75) is 6.92 Å². The summed E-state index contributed by atoms with van der Waals surface area (Å²) in [4.78, 5) is 12.7. The summed E-state index contributed by atoms with van der Waals surface area (Å²) in [5, 5.41) is 0.461. The van der Waals surface area contributed by atoms with Gasteiger partial charge in [-0.15, -0.1) is 0 Å². The van der Waals surface area contributed by atoms with Gasteiger partial charge >= 0.3 is 0 Å². The molecule has 0 radical (unpaired) electrons. The van der Waals surface area contributed by atoms with E-state index in [0.717, 1.165) is 5.56 Å². The number of aryl methyl sites for hydroxylation is 1. The molecule has 0 fully saturated rings. The first kappa shape index (κ1) is 16.4. The molecule has 0 atom stereocenters. The largest absolute Gasteiger partial charge is 0.496 e. The SMILES string of the molecule is COc1ccc(C)cc1C(=O)c1c(Cl)cc(Cl)c(Cl)c1Cl. The van der Waals surface area contributed by atoms with E-state index in [1.165, 1.54) is 13.2 Å². The number of carbonyl (C=O) groups excluding carboxylic acids is 1. The normalized spacial score (nSPS) is 10.6. The number of hydrogen-bond donors (Lipinski definition) is 0. The fourth-order valence-corrected chi connectivity index (χ4v) is 2.99. The Kier molecular flexibility index (Phi) is 5.05. The zero-order valence-electron chi connectivity index (χ0n) is 11.1. The van der Waals surface area contributed by atoms with Crippen LogP contribution in [0.3, 0.4) is 0 Å². The molecule has 2 aromatic carbocycles. The van der Waals surface area contributed by atoms with Crippen LogP contribution in [-0.2, 0) is 0 Å². The summed E-state index contributed by atoms with van der Waals surface area (Å²) in [6.45, 7) is 1.87. The molecule has 0 saturated carbocycles. The van der Waals surface area contributed by atoms with Crippen LogP contribution in [0, 0.1) is 6.92 Å². The van der Waals surface area contributed by atoms with Crippen LogP contribution in [0.2, 0.25) is 20.1 Å². The van der Waals surface area contributed by atoms with Crippen molar-refractivity contribution < 1.29 is 9.53 Å². The smallest absolute Gasteiger partial charge is 0.199 e. The lowest BCUT2D eigenvalue weighted by molar-refractivity contribution is 0.103. The summed E-state index contributed by atoms with van der Waals surface area (Å²) < 4.78 is 5.21. The Morgan fingerprint density at radius 3 is 2.29 bits per heavy atom. The Bertz CT molecular complexity index is 726. The molecule has 0 saturated heterocycles. The van der Waals surface area contributed by atoms with Crippen LogP contribution >= 0.6 is 46.4 Å². The number of ether oxygens (including phenoxy) is 1. The minimum absolute atomic E-state index is 0.0303. The average Bonchev–Trinajstić information content (AvgIpc) is 2.44. The van der Waals surface area contributed by atoms with Crippen LogP contribution in [0.25, 0.3) is 0 Å². The first-order valence-electron chi connectivity index (χ1n) is 5.89. The van der Waals surface area contributed by atoms with Gasteiger partial charge in [0, 0.05) is 0 Å². The number of benzene rings is 2. The van der Waals surface area contributed by atoms with Gasteiger partial charge in [0.15, 0.2) is 5.78 Å². The highest BCUT2D eigenvalue weighted by Gasteiger charge is 2.23. The first-order valence-corrected chi connectivity index (χ1v) is 7.40. The molecule has 0 aromatic heterocycles. The van der Waals surface area contributed by atoms with Gasteiger partial charge in [-0.1, -0.05) is 58.0 Å². The van der Waals surface area contributed by atoms with Gasteiger partial charge in [0.25, 0.3) is 0 Å². The van der Waals surface area contributed by atoms with Crippen LogP contribution < -0.4 is 4.74 Å². The molecule has 110 valence electrons. The maximum Gasteiger partial charge on any atom is 0.199 e. The summed E-state index contributed by atoms with van der Waals surface area (Å²) in [7, 11) is 1.49. The van der Waals surface area contributed by atoms with Gasteiger partial charge in [-0.3, -0.25) is 4.79 Å². The summed E-state index contributed by atoms with van der Waals surface area (Å²) in [6, 6.07) is 6.65. The molecule has 0 N–H and O–H groups in total. The molecular weight excluding hydrogens is 354 g/mol. The van der Waals surface area contributed by atoms with Gasteiger partial charge in [-0.25, -0.2) is 0 Å². The van der Waals surface area contributed by atoms with Crippen molar-refractivity contribution in [2.24, 2.45) is 0 Å². The fraction of sp³-hybridized carbons (Fsp3) is 0.133. The van der Waals surface area contributed by atoms with Crippen LogP contribution in [0.15, 0.2) is 24.3 Å². The number of methoxy groups -OCH3 is 1. The Morgan fingerprint density at radius 1 is 1.00 bits per heavy atom. The van der Waals surface area contributed by atoms with Crippen molar-refractivity contribution in [2.75, 3.05) is 7.11 Å². The lowest BCUT2D eigenvalue weighted by atomic mass is 10.0. The van der Waals surface area contributed by atoms with Crippen molar-refractivity contribution in [3.05, 3.63) is 61.0 Å². The number of hydrogen-bond acceptors (Lipinski definition) is 2. The maximum absolute atomic E-state index is 12.7. The number of ketones is 1. The van der Waals surface area contributed by atoms with Gasteiger partial charge in [0.1, 0.15) is 5.75 Å². The molecule has 0 bridgehead atoms. The van der Waals surface area contributed by atoms with E-state index in [9.17, 15) is 4.79 Å². The topological polar surface area (TPSA) is 26.3 Å². The lowest BCUT2D eigenvalue weighted by Crippen LogP contribution is -2.06. The van der Waals surface area contributed by atoms with Crippen LogP contribution in [0.5, 0.6) is 5.75 Å². The van der Waals surface area contributed by atoms with E-state index < -0.39 is 0 Å². The van der Waals surface area contributed by atoms with E-state index in [4.69, 9.17) is 51.1 Å². The maximum atomic E-state index is 12.7. The van der Waals surface area contributed by atoms with Crippen molar-refractivity contribution >= 4 is 52.2 Å². The van der Waals surface area contributed by atoms with Crippen molar-refractivity contribution in [1.82, 2.24) is 0 Å². The van der Waals surface area contributed by atoms with Gasteiger partial charge in [0.2, 0.25) is 0 Å². The molecule has 0 unspecified atom stereocenters. The molecule has 0 amide bonds. The number of carbonyl (C=O) groups is 1. The third-order valence-electron chi connectivity index (χ3n) is 2.94. The van der Waals surface area contributed by atoms with E-state index in [0.29, 0.717) is 11.3 Å². The second-order valence-corrected chi connectivity index (χ2v) is 5.95. The predicted molar refractivity (Wildman–Crippen MR) is 87.6 cm³/mol. The third-order valence-corrected chi connectivity index (χ3v) is 4.50. The summed E-state index contributed by atoms with van der Waals surface area (Å²) in [5.41, 5.74) is 1.38. The zero-order chi connectivity index (χ0) is 15.7. The predicted octanol–water partition coefficient (Wildman–Crippen LogP) is 5.85. The molecule has 0 aliphatic carbocycles. The standard InChI is InChI=1S/C15H10Cl4O2/c1-7-3-4-11(21-2)8(5-7)15(20)12-9(16)6-10(17)13(18)14(12)19/h3-6H,1-2H3. The van der Waals surface area contributed by atoms with Crippen molar-refractivity contribution in [1.29, 1.82) is 0 Å². The molecule has 0 aliphatic heterocycles. The van der Waals surface area contributed by atoms with Gasteiger partial charge in [-0.2, -0.15) is 0 Å². The Morgan fingerprint density at radius 2 is 1.67 bits per heavy atom. The van der Waals surface area contributed by atoms with Crippen molar-refractivity contribution in [3.8, 4) is 5.75 Å². The molecular formula is C15H10Cl4O2. The third kappa shape index (κ3) is 3.14. The molecule has 21 heavy (non-hydrogen) atoms. The Labute approximate surface area is 142 Å². The Hall–Kier alpha value is -0.930. The summed E-state index contributed by atoms with van der Waals surface area (Å²) in [6.07, 6.45) is 0. The van der Waals surface area contributed by atoms with E-state index >= 15 is 0 Å².